The third kappa shape index (κ3) is 5.66. The second kappa shape index (κ2) is 11.7. The maximum atomic E-state index is 13.9. The average molecular weight is 499 g/mol. The van der Waals surface area contributed by atoms with Crippen molar-refractivity contribution in [2.75, 3.05) is 19.0 Å². The highest BCUT2D eigenvalue weighted by atomic mass is 16.5. The Kier molecular flexibility index (Phi) is 8.23. The molecule has 4 aromatic rings. The molecule has 0 spiro atoms. The number of carbonyl (C=O) groups excluding carboxylic acids is 1. The first kappa shape index (κ1) is 25.9. The molecule has 0 aliphatic carbocycles. The monoisotopic (exact) mass is 498 g/mol. The number of aromatic nitrogens is 2. The molecule has 0 aliphatic heterocycles. The van der Waals surface area contributed by atoms with Crippen LogP contribution in [0.15, 0.2) is 83.7 Å². The zero-order valence-corrected chi connectivity index (χ0v) is 21.8. The van der Waals surface area contributed by atoms with E-state index in [1.54, 1.807) is 22.6 Å². The van der Waals surface area contributed by atoms with Crippen molar-refractivity contribution in [2.45, 2.75) is 39.7 Å². The maximum absolute atomic E-state index is 13.9. The molecule has 37 heavy (non-hydrogen) atoms. The summed E-state index contributed by atoms with van der Waals surface area (Å²) in [4.78, 5) is 34.4. The Morgan fingerprint density at radius 2 is 1.68 bits per heavy atom. The van der Waals surface area contributed by atoms with Crippen LogP contribution in [-0.2, 0) is 0 Å². The van der Waals surface area contributed by atoms with Crippen molar-refractivity contribution in [3.8, 4) is 11.4 Å². The number of nitrogens with one attached hydrogen (secondary N) is 1. The molecule has 0 saturated heterocycles. The number of amides is 2. The molecule has 3 aromatic carbocycles. The number of hydrogen-bond acceptors (Lipinski definition) is 4. The topological polar surface area (TPSA) is 76.5 Å². The van der Waals surface area contributed by atoms with E-state index < -0.39 is 6.04 Å². The van der Waals surface area contributed by atoms with Gasteiger partial charge in [-0.05, 0) is 55.2 Å². The molecule has 0 radical (unpaired) electrons. The third-order valence-electron chi connectivity index (χ3n) is 6.42. The van der Waals surface area contributed by atoms with Gasteiger partial charge in [-0.3, -0.25) is 9.36 Å². The SMILES string of the molecule is CCC(c1nc2ccccc2c(=O)n1-c1ccccc1OC)N(CCC(C)C)C(=O)Nc1ccccc1. The van der Waals surface area contributed by atoms with Crippen LogP contribution < -0.4 is 15.6 Å². The Morgan fingerprint density at radius 1 is 1.00 bits per heavy atom. The summed E-state index contributed by atoms with van der Waals surface area (Å²) < 4.78 is 7.23. The van der Waals surface area contributed by atoms with E-state index in [0.717, 1.165) is 6.42 Å². The maximum Gasteiger partial charge on any atom is 0.322 e. The second-order valence-electron chi connectivity index (χ2n) is 9.40. The normalized spacial score (nSPS) is 11.9. The molecule has 1 N–H and O–H groups in total. The van der Waals surface area contributed by atoms with Crippen LogP contribution in [0.1, 0.15) is 45.5 Å². The van der Waals surface area contributed by atoms with Crippen LogP contribution >= 0.6 is 0 Å². The first-order valence-corrected chi connectivity index (χ1v) is 12.7. The lowest BCUT2D eigenvalue weighted by Crippen LogP contribution is -2.41. The second-order valence-corrected chi connectivity index (χ2v) is 9.40. The number of rotatable bonds is 9. The summed E-state index contributed by atoms with van der Waals surface area (Å²) in [5.41, 5.74) is 1.70. The standard InChI is InChI=1S/C30H34N4O3/c1-5-25(33(20-19-21(2)3)30(36)31-22-13-7-6-8-14-22)28-32-24-16-10-9-15-23(24)29(35)34(28)26-17-11-12-18-27(26)37-4/h6-18,21,25H,5,19-20H2,1-4H3,(H,31,36). The molecular formula is C30H34N4O3. The first-order valence-electron chi connectivity index (χ1n) is 12.7. The number of para-hydroxylation sites is 4. The van der Waals surface area contributed by atoms with Gasteiger partial charge in [0.1, 0.15) is 11.6 Å². The van der Waals surface area contributed by atoms with E-state index >= 15 is 0 Å². The van der Waals surface area contributed by atoms with Gasteiger partial charge in [0.25, 0.3) is 5.56 Å². The summed E-state index contributed by atoms with van der Waals surface area (Å²) in [6.07, 6.45) is 1.38. The van der Waals surface area contributed by atoms with Crippen molar-refractivity contribution in [1.82, 2.24) is 14.5 Å². The Hall–Kier alpha value is -4.13. The van der Waals surface area contributed by atoms with Crippen LogP contribution in [0.3, 0.4) is 0 Å². The summed E-state index contributed by atoms with van der Waals surface area (Å²) in [6, 6.07) is 23.4. The highest BCUT2D eigenvalue weighted by Crippen LogP contribution is 2.30. The van der Waals surface area contributed by atoms with E-state index in [1.165, 1.54) is 0 Å². The van der Waals surface area contributed by atoms with E-state index in [4.69, 9.17) is 9.72 Å². The molecular weight excluding hydrogens is 464 g/mol. The van der Waals surface area contributed by atoms with Crippen LogP contribution in [0.25, 0.3) is 16.6 Å². The molecule has 1 aromatic heterocycles. The smallest absolute Gasteiger partial charge is 0.322 e. The van der Waals surface area contributed by atoms with Crippen LogP contribution in [0.4, 0.5) is 10.5 Å². The highest BCUT2D eigenvalue weighted by molar-refractivity contribution is 5.89. The van der Waals surface area contributed by atoms with Crippen molar-refractivity contribution in [1.29, 1.82) is 0 Å². The number of hydrogen-bond donors (Lipinski definition) is 1. The summed E-state index contributed by atoms with van der Waals surface area (Å²) in [7, 11) is 1.58. The van der Waals surface area contributed by atoms with Crippen molar-refractivity contribution in [2.24, 2.45) is 5.92 Å². The largest absolute Gasteiger partial charge is 0.495 e. The zero-order chi connectivity index (χ0) is 26.4. The third-order valence-corrected chi connectivity index (χ3v) is 6.42. The van der Waals surface area contributed by atoms with E-state index in [-0.39, 0.29) is 11.6 Å². The minimum Gasteiger partial charge on any atom is -0.495 e. The Labute approximate surface area is 217 Å². The summed E-state index contributed by atoms with van der Waals surface area (Å²) in [5, 5.41) is 3.54. The molecule has 7 heteroatoms. The Morgan fingerprint density at radius 3 is 2.38 bits per heavy atom. The van der Waals surface area contributed by atoms with Gasteiger partial charge in [-0.25, -0.2) is 9.78 Å². The van der Waals surface area contributed by atoms with Crippen LogP contribution in [0.5, 0.6) is 5.75 Å². The average Bonchev–Trinajstić information content (AvgIpc) is 2.91. The molecule has 0 saturated carbocycles. The lowest BCUT2D eigenvalue weighted by Gasteiger charge is -2.33. The van der Waals surface area contributed by atoms with Gasteiger partial charge in [-0.2, -0.15) is 0 Å². The number of anilines is 1. The van der Waals surface area contributed by atoms with E-state index in [9.17, 15) is 9.59 Å². The van der Waals surface area contributed by atoms with Gasteiger partial charge >= 0.3 is 6.03 Å². The predicted molar refractivity (Wildman–Crippen MR) is 149 cm³/mol. The van der Waals surface area contributed by atoms with Gasteiger partial charge in [0.2, 0.25) is 0 Å². The van der Waals surface area contributed by atoms with Gasteiger partial charge < -0.3 is 15.0 Å². The zero-order valence-electron chi connectivity index (χ0n) is 21.8. The molecule has 2 amide bonds. The van der Waals surface area contributed by atoms with Gasteiger partial charge in [0.05, 0.1) is 29.7 Å². The van der Waals surface area contributed by atoms with E-state index in [0.29, 0.717) is 52.7 Å². The number of carbonyl (C=O) groups is 1. The fourth-order valence-corrected chi connectivity index (χ4v) is 4.48. The lowest BCUT2D eigenvalue weighted by atomic mass is 10.1. The number of fused-ring (bicyclic) bond motifs is 1. The first-order chi connectivity index (χ1) is 17.9. The number of nitrogens with zero attached hydrogens (tertiary/aromatic N) is 3. The summed E-state index contributed by atoms with van der Waals surface area (Å²) in [6.45, 7) is 6.79. The van der Waals surface area contributed by atoms with Crippen LogP contribution in [0, 0.1) is 5.92 Å². The molecule has 0 fully saturated rings. The van der Waals surface area contributed by atoms with Gasteiger partial charge in [-0.15, -0.1) is 0 Å². The van der Waals surface area contributed by atoms with Crippen molar-refractivity contribution in [3.63, 3.8) is 0 Å². The Bertz CT molecular complexity index is 1420. The fraction of sp³-hybridized carbons (Fsp3) is 0.300. The van der Waals surface area contributed by atoms with Crippen molar-refractivity contribution in [3.05, 3.63) is 95.0 Å². The lowest BCUT2D eigenvalue weighted by molar-refractivity contribution is 0.176. The number of methoxy groups -OCH3 is 1. The minimum atomic E-state index is -0.454. The molecule has 1 atom stereocenters. The number of urea groups is 1. The van der Waals surface area contributed by atoms with Gasteiger partial charge in [-0.1, -0.05) is 63.2 Å². The molecule has 1 unspecified atom stereocenters. The minimum absolute atomic E-state index is 0.198. The molecule has 0 aliphatic rings. The molecule has 4 rings (SSSR count). The quantitative estimate of drug-likeness (QED) is 0.289. The van der Waals surface area contributed by atoms with Gasteiger partial charge in [0.15, 0.2) is 0 Å². The van der Waals surface area contributed by atoms with Crippen molar-refractivity contribution >= 4 is 22.6 Å². The molecule has 0 bridgehead atoms. The van der Waals surface area contributed by atoms with E-state index in [1.807, 2.05) is 79.7 Å². The summed E-state index contributed by atoms with van der Waals surface area (Å²) >= 11 is 0. The molecule has 192 valence electrons. The highest BCUT2D eigenvalue weighted by Gasteiger charge is 2.30. The van der Waals surface area contributed by atoms with E-state index in [2.05, 4.69) is 19.2 Å². The summed E-state index contributed by atoms with van der Waals surface area (Å²) in [5.74, 6) is 1.45. The van der Waals surface area contributed by atoms with Gasteiger partial charge in [0, 0.05) is 12.2 Å². The molecule has 7 nitrogen and oxygen atoms in total. The molecule has 1 heterocycles. The number of benzene rings is 3. The number of ether oxygens (including phenoxy) is 1. The Balaban J connectivity index is 1.91. The van der Waals surface area contributed by atoms with Crippen LogP contribution in [-0.4, -0.2) is 34.1 Å². The predicted octanol–water partition coefficient (Wildman–Crippen LogP) is 6.43. The van der Waals surface area contributed by atoms with Crippen molar-refractivity contribution < 1.29 is 9.53 Å². The fourth-order valence-electron chi connectivity index (χ4n) is 4.48. The van der Waals surface area contributed by atoms with Crippen LogP contribution in [0.2, 0.25) is 0 Å².